The fourth-order valence-electron chi connectivity index (χ4n) is 5.57. The first kappa shape index (κ1) is 41.6. The van der Waals surface area contributed by atoms with E-state index in [0.717, 1.165) is 0 Å². The molecule has 0 unspecified atom stereocenters. The van der Waals surface area contributed by atoms with Gasteiger partial charge in [0.25, 0.3) is 0 Å². The van der Waals surface area contributed by atoms with Crippen LogP contribution in [0.4, 0.5) is 0 Å². The summed E-state index contributed by atoms with van der Waals surface area (Å²) in [5.41, 5.74) is 0. The third kappa shape index (κ3) is 15.0. The van der Waals surface area contributed by atoms with Crippen molar-refractivity contribution in [3.05, 3.63) is 0 Å². The van der Waals surface area contributed by atoms with E-state index in [9.17, 15) is 63.9 Å². The maximum absolute atomic E-state index is 12.3. The first-order chi connectivity index (χ1) is 22.4. The van der Waals surface area contributed by atoms with Gasteiger partial charge in [-0.3, -0.25) is 43.6 Å². The van der Waals surface area contributed by atoms with Crippen molar-refractivity contribution >= 4 is 47.8 Å². The third-order valence-corrected chi connectivity index (χ3v) is 8.09. The first-order valence-electron chi connectivity index (χ1n) is 15.1. The predicted molar refractivity (Wildman–Crippen MR) is 152 cm³/mol. The molecule has 0 amide bonds. The molecule has 272 valence electrons. The Kier molecular flexibility index (Phi) is 18.0. The van der Waals surface area contributed by atoms with Crippen molar-refractivity contribution < 1.29 is 79.2 Å². The van der Waals surface area contributed by atoms with Crippen LogP contribution in [0, 0.1) is 0 Å². The van der Waals surface area contributed by atoms with Crippen LogP contribution in [0.2, 0.25) is 0 Å². The van der Waals surface area contributed by atoms with Crippen LogP contribution in [0.15, 0.2) is 0 Å². The van der Waals surface area contributed by atoms with Gasteiger partial charge >= 0.3 is 29.8 Å². The normalized spacial score (nSPS) is 18.7. The SMILES string of the molecule is O=C(O)CC[C@H](C(=O)[O-])N1CCN([C@H](CCC(=O)O)C(=O)[O-])CCN([C@H](CCC(=O)O)C(=O)O)CCN([C@H](CCC(=O)O)C(=O)[O-])CC1. The number of rotatable bonds is 20. The number of carbonyl (C=O) groups excluding carboxylic acids is 3. The smallest absolute Gasteiger partial charge is 0.320 e. The summed E-state index contributed by atoms with van der Waals surface area (Å²) in [6, 6.07) is -6.11. The number of nitrogens with zero attached hydrogens (tertiary/aromatic N) is 4. The van der Waals surface area contributed by atoms with Crippen LogP contribution < -0.4 is 15.3 Å². The van der Waals surface area contributed by atoms with Gasteiger partial charge < -0.3 is 55.2 Å². The molecular weight excluding hydrogens is 648 g/mol. The van der Waals surface area contributed by atoms with Gasteiger partial charge in [-0.2, -0.15) is 0 Å². The summed E-state index contributed by atoms with van der Waals surface area (Å²) in [6.07, 6.45) is -4.14. The second-order valence-electron chi connectivity index (χ2n) is 11.2. The van der Waals surface area contributed by atoms with Gasteiger partial charge in [-0.15, -0.1) is 0 Å². The van der Waals surface area contributed by atoms with Crippen LogP contribution >= 0.6 is 0 Å². The van der Waals surface area contributed by atoms with E-state index in [-0.39, 0.29) is 52.4 Å². The zero-order valence-corrected chi connectivity index (χ0v) is 26.1. The Morgan fingerprint density at radius 1 is 0.396 bits per heavy atom. The summed E-state index contributed by atoms with van der Waals surface area (Å²) in [4.78, 5) is 98.8. The molecule has 0 aromatic heterocycles. The molecule has 0 radical (unpaired) electrons. The highest BCUT2D eigenvalue weighted by atomic mass is 16.4. The Morgan fingerprint density at radius 2 is 0.583 bits per heavy atom. The van der Waals surface area contributed by atoms with E-state index in [1.54, 1.807) is 0 Å². The van der Waals surface area contributed by atoms with Crippen LogP contribution in [0.3, 0.4) is 0 Å². The van der Waals surface area contributed by atoms with Gasteiger partial charge in [0.1, 0.15) is 6.04 Å². The van der Waals surface area contributed by atoms with Crippen molar-refractivity contribution in [2.45, 2.75) is 75.5 Å². The van der Waals surface area contributed by atoms with E-state index in [4.69, 9.17) is 15.3 Å². The second kappa shape index (κ2) is 20.8. The van der Waals surface area contributed by atoms with E-state index < -0.39 is 123 Å². The third-order valence-electron chi connectivity index (χ3n) is 8.09. The molecule has 1 aliphatic heterocycles. The van der Waals surface area contributed by atoms with Crippen LogP contribution in [0.5, 0.6) is 0 Å². The van der Waals surface area contributed by atoms with Crippen molar-refractivity contribution in [3.63, 3.8) is 0 Å². The van der Waals surface area contributed by atoms with Crippen molar-refractivity contribution in [2.24, 2.45) is 0 Å². The molecule has 0 aromatic carbocycles. The van der Waals surface area contributed by atoms with Crippen LogP contribution in [-0.4, -0.2) is 169 Å². The second-order valence-corrected chi connectivity index (χ2v) is 11.2. The molecule has 1 fully saturated rings. The molecule has 1 heterocycles. The monoisotopic (exact) mass is 689 g/mol. The fraction of sp³-hybridized carbons (Fsp3) is 0.714. The highest BCUT2D eigenvalue weighted by Crippen LogP contribution is 2.17. The molecule has 20 nitrogen and oxygen atoms in total. The molecule has 0 aromatic rings. The van der Waals surface area contributed by atoms with Crippen molar-refractivity contribution in [3.8, 4) is 0 Å². The zero-order chi connectivity index (χ0) is 36.6. The highest BCUT2D eigenvalue weighted by molar-refractivity contribution is 5.76. The molecule has 0 aliphatic carbocycles. The maximum Gasteiger partial charge on any atom is 0.320 e. The molecule has 0 bridgehead atoms. The summed E-state index contributed by atoms with van der Waals surface area (Å²) >= 11 is 0. The van der Waals surface area contributed by atoms with Gasteiger partial charge in [-0.1, -0.05) is 0 Å². The Labute approximate surface area is 274 Å². The standard InChI is InChI=1S/C28H44N4O16/c33-21(34)5-1-17(25(41)42)29-9-11-30(18(26(43)44)2-6-22(35)36)13-15-32(20(28(47)48)4-8-24(39)40)16-14-31(12-10-29)19(27(45)46)3-7-23(37)38/h17-20H,1-16H2,(H,33,34)(H,35,36)(H,37,38)(H,39,40)(H,41,42)(H,43,44)(H,45,46)(H,47,48)/p-3/t17-,18-,19-,20-/m1/s1. The van der Waals surface area contributed by atoms with Crippen molar-refractivity contribution in [1.82, 2.24) is 19.6 Å². The highest BCUT2D eigenvalue weighted by Gasteiger charge is 2.32. The number of aliphatic carboxylic acids is 8. The van der Waals surface area contributed by atoms with E-state index in [1.165, 1.54) is 19.6 Å². The van der Waals surface area contributed by atoms with Crippen LogP contribution in [0.1, 0.15) is 51.4 Å². The molecule has 0 saturated carbocycles. The van der Waals surface area contributed by atoms with Gasteiger partial charge in [0.05, 0.1) is 17.9 Å². The predicted octanol–water partition coefficient (Wildman–Crippen LogP) is -5.52. The molecule has 48 heavy (non-hydrogen) atoms. The van der Waals surface area contributed by atoms with E-state index in [1.807, 2.05) is 0 Å². The van der Waals surface area contributed by atoms with Crippen LogP contribution in [-0.2, 0) is 38.4 Å². The molecule has 1 rings (SSSR count). The summed E-state index contributed by atoms with van der Waals surface area (Å²) < 4.78 is 0. The lowest BCUT2D eigenvalue weighted by Crippen LogP contribution is -2.59. The summed E-state index contributed by atoms with van der Waals surface area (Å²) in [6.45, 7) is -2.28. The van der Waals surface area contributed by atoms with Gasteiger partial charge in [0, 0.05) is 96.2 Å². The Morgan fingerprint density at radius 3 is 0.750 bits per heavy atom. The quantitative estimate of drug-likeness (QED) is 0.0795. The summed E-state index contributed by atoms with van der Waals surface area (Å²) in [7, 11) is 0. The minimum absolute atomic E-state index is 0.269. The number of carboxylic acids is 8. The lowest BCUT2D eigenvalue weighted by atomic mass is 10.1. The van der Waals surface area contributed by atoms with Crippen molar-refractivity contribution in [1.29, 1.82) is 0 Å². The Balaban J connectivity index is 3.70. The largest absolute Gasteiger partial charge is 0.548 e. The van der Waals surface area contributed by atoms with E-state index in [0.29, 0.717) is 0 Å². The number of carbonyl (C=O) groups is 8. The topological polar surface area (TPSA) is 320 Å². The minimum atomic E-state index is -1.68. The molecular formula is C28H41N4O16-3. The minimum Gasteiger partial charge on any atom is -0.548 e. The molecule has 1 saturated heterocycles. The van der Waals surface area contributed by atoms with Gasteiger partial charge in [0.15, 0.2) is 0 Å². The van der Waals surface area contributed by atoms with Gasteiger partial charge in [0.2, 0.25) is 0 Å². The average Bonchev–Trinajstić information content (AvgIpc) is 2.95. The van der Waals surface area contributed by atoms with Gasteiger partial charge in [-0.25, -0.2) is 0 Å². The lowest BCUT2D eigenvalue weighted by Gasteiger charge is -2.42. The maximum atomic E-state index is 12.3. The molecule has 0 spiro atoms. The Hall–Kier alpha value is -4.40. The van der Waals surface area contributed by atoms with E-state index in [2.05, 4.69) is 0 Å². The zero-order valence-electron chi connectivity index (χ0n) is 26.1. The molecule has 20 heteroatoms. The van der Waals surface area contributed by atoms with E-state index >= 15 is 0 Å². The fourth-order valence-corrected chi connectivity index (χ4v) is 5.57. The summed E-state index contributed by atoms with van der Waals surface area (Å²) in [5, 5.41) is 83.1. The number of hydrogen-bond donors (Lipinski definition) is 5. The molecule has 4 atom stereocenters. The summed E-state index contributed by atoms with van der Waals surface area (Å²) in [5.74, 6) is -11.7. The number of hydrogen-bond acceptors (Lipinski definition) is 15. The molecule has 1 aliphatic rings. The Bertz CT molecular complexity index is 974. The average molecular weight is 690 g/mol. The first-order valence-corrected chi connectivity index (χ1v) is 15.1. The van der Waals surface area contributed by atoms with Crippen molar-refractivity contribution in [2.75, 3.05) is 52.4 Å². The van der Waals surface area contributed by atoms with Gasteiger partial charge in [-0.05, 0) is 25.7 Å². The molecule has 5 N–H and O–H groups in total. The number of carboxylic acid groups (broad SMARTS) is 8. The lowest BCUT2D eigenvalue weighted by molar-refractivity contribution is -0.314. The van der Waals surface area contributed by atoms with Crippen LogP contribution in [0.25, 0.3) is 0 Å².